The number of amides is 1. The first kappa shape index (κ1) is 19.6. The van der Waals surface area contributed by atoms with Crippen LogP contribution in [-0.4, -0.2) is 28.3 Å². The summed E-state index contributed by atoms with van der Waals surface area (Å²) in [4.78, 5) is 12.1. The van der Waals surface area contributed by atoms with E-state index in [1.165, 1.54) is 5.69 Å². The SMILES string of the molecule is CCn1cccc1CNCC(CC)(CC)NC(=O)OC(C)(C)C. The summed E-state index contributed by atoms with van der Waals surface area (Å²) in [6, 6.07) is 4.18. The van der Waals surface area contributed by atoms with Gasteiger partial charge in [-0.15, -0.1) is 0 Å². The van der Waals surface area contributed by atoms with E-state index in [1.54, 1.807) is 0 Å². The van der Waals surface area contributed by atoms with Crippen LogP contribution in [0.3, 0.4) is 0 Å². The molecule has 1 heterocycles. The number of aromatic nitrogens is 1. The molecule has 1 amide bonds. The van der Waals surface area contributed by atoms with Crippen molar-refractivity contribution in [2.75, 3.05) is 6.54 Å². The van der Waals surface area contributed by atoms with Gasteiger partial charge in [0.2, 0.25) is 0 Å². The van der Waals surface area contributed by atoms with Crippen LogP contribution in [0.4, 0.5) is 4.79 Å². The summed E-state index contributed by atoms with van der Waals surface area (Å²) < 4.78 is 7.62. The van der Waals surface area contributed by atoms with E-state index in [0.29, 0.717) is 6.54 Å². The molecule has 5 nitrogen and oxygen atoms in total. The van der Waals surface area contributed by atoms with Gasteiger partial charge in [0.25, 0.3) is 0 Å². The van der Waals surface area contributed by atoms with Gasteiger partial charge >= 0.3 is 6.09 Å². The molecule has 5 heteroatoms. The maximum absolute atomic E-state index is 12.1. The van der Waals surface area contributed by atoms with Gasteiger partial charge in [-0.05, 0) is 52.7 Å². The minimum atomic E-state index is -0.479. The number of aryl methyl sites for hydroxylation is 1. The zero-order chi connectivity index (χ0) is 17.5. The van der Waals surface area contributed by atoms with Crippen molar-refractivity contribution in [3.8, 4) is 0 Å². The molecule has 0 bridgehead atoms. The van der Waals surface area contributed by atoms with E-state index >= 15 is 0 Å². The lowest BCUT2D eigenvalue weighted by molar-refractivity contribution is 0.0446. The Labute approximate surface area is 140 Å². The highest BCUT2D eigenvalue weighted by Gasteiger charge is 2.30. The normalized spacial score (nSPS) is 12.3. The zero-order valence-corrected chi connectivity index (χ0v) is 15.5. The van der Waals surface area contributed by atoms with Crippen molar-refractivity contribution in [2.24, 2.45) is 0 Å². The molecule has 0 saturated carbocycles. The van der Waals surface area contributed by atoms with Crippen LogP contribution in [-0.2, 0) is 17.8 Å². The van der Waals surface area contributed by atoms with E-state index in [-0.39, 0.29) is 11.6 Å². The largest absolute Gasteiger partial charge is 0.444 e. The summed E-state index contributed by atoms with van der Waals surface area (Å²) in [5.41, 5.74) is 0.490. The van der Waals surface area contributed by atoms with Crippen molar-refractivity contribution >= 4 is 6.09 Å². The molecule has 0 unspecified atom stereocenters. The average molecular weight is 323 g/mol. The first-order valence-electron chi connectivity index (χ1n) is 8.61. The Morgan fingerprint density at radius 2 is 1.87 bits per heavy atom. The van der Waals surface area contributed by atoms with Crippen LogP contribution in [0.1, 0.15) is 60.1 Å². The maximum Gasteiger partial charge on any atom is 0.408 e. The molecule has 0 spiro atoms. The topological polar surface area (TPSA) is 55.3 Å². The maximum atomic E-state index is 12.1. The molecule has 0 aliphatic rings. The fourth-order valence-corrected chi connectivity index (χ4v) is 2.59. The van der Waals surface area contributed by atoms with Gasteiger partial charge in [0.05, 0.1) is 5.54 Å². The molecule has 1 aromatic rings. The number of carbonyl (C=O) groups is 1. The molecule has 0 atom stereocenters. The Morgan fingerprint density at radius 3 is 2.39 bits per heavy atom. The number of hydrogen-bond donors (Lipinski definition) is 2. The molecule has 0 fully saturated rings. The smallest absolute Gasteiger partial charge is 0.408 e. The fourth-order valence-electron chi connectivity index (χ4n) is 2.59. The fraction of sp³-hybridized carbons (Fsp3) is 0.722. The number of ether oxygens (including phenoxy) is 1. The highest BCUT2D eigenvalue weighted by molar-refractivity contribution is 5.68. The molecule has 0 saturated heterocycles. The zero-order valence-electron chi connectivity index (χ0n) is 15.5. The van der Waals surface area contributed by atoms with Crippen molar-refractivity contribution < 1.29 is 9.53 Å². The van der Waals surface area contributed by atoms with Crippen LogP contribution in [0, 0.1) is 0 Å². The Hall–Kier alpha value is -1.49. The summed E-state index contributed by atoms with van der Waals surface area (Å²) in [6.45, 7) is 14.4. The standard InChI is InChI=1S/C18H33N3O2/c1-7-18(8-2,20-16(22)23-17(4,5)6)14-19-13-15-11-10-12-21(15)9-3/h10-12,19H,7-9,13-14H2,1-6H3,(H,20,22). The lowest BCUT2D eigenvalue weighted by atomic mass is 9.93. The van der Waals surface area contributed by atoms with Crippen LogP contribution in [0.15, 0.2) is 18.3 Å². The van der Waals surface area contributed by atoms with Gasteiger partial charge in [0, 0.05) is 31.5 Å². The van der Waals surface area contributed by atoms with E-state index < -0.39 is 5.60 Å². The lowest BCUT2D eigenvalue weighted by Gasteiger charge is -2.34. The van der Waals surface area contributed by atoms with Gasteiger partial charge < -0.3 is 19.9 Å². The first-order valence-corrected chi connectivity index (χ1v) is 8.61. The van der Waals surface area contributed by atoms with Gasteiger partial charge in [-0.2, -0.15) is 0 Å². The number of nitrogens with one attached hydrogen (secondary N) is 2. The monoisotopic (exact) mass is 323 g/mol. The summed E-state index contributed by atoms with van der Waals surface area (Å²) in [6.07, 6.45) is 3.44. The second-order valence-electron chi connectivity index (χ2n) is 7.00. The number of carbonyl (C=O) groups excluding carboxylic acids is 1. The van der Waals surface area contributed by atoms with E-state index in [0.717, 1.165) is 25.9 Å². The Morgan fingerprint density at radius 1 is 1.22 bits per heavy atom. The highest BCUT2D eigenvalue weighted by atomic mass is 16.6. The molecule has 1 rings (SSSR count). The van der Waals surface area contributed by atoms with Crippen molar-refractivity contribution in [1.29, 1.82) is 0 Å². The van der Waals surface area contributed by atoms with Crippen LogP contribution in [0.5, 0.6) is 0 Å². The number of alkyl carbamates (subject to hydrolysis) is 1. The molecule has 23 heavy (non-hydrogen) atoms. The number of nitrogens with zero attached hydrogens (tertiary/aromatic N) is 1. The highest BCUT2D eigenvalue weighted by Crippen LogP contribution is 2.16. The Balaban J connectivity index is 2.61. The van der Waals surface area contributed by atoms with Crippen LogP contribution in [0.25, 0.3) is 0 Å². The summed E-state index contributed by atoms with van der Waals surface area (Å²) in [7, 11) is 0. The number of hydrogen-bond acceptors (Lipinski definition) is 3. The molecule has 1 aromatic heterocycles. The van der Waals surface area contributed by atoms with Crippen molar-refractivity contribution in [3.63, 3.8) is 0 Å². The van der Waals surface area contributed by atoms with E-state index in [4.69, 9.17) is 4.74 Å². The second kappa shape index (κ2) is 8.39. The Bertz CT molecular complexity index is 485. The third kappa shape index (κ3) is 6.26. The second-order valence-corrected chi connectivity index (χ2v) is 7.00. The predicted molar refractivity (Wildman–Crippen MR) is 94.5 cm³/mol. The van der Waals surface area contributed by atoms with E-state index in [1.807, 2.05) is 20.8 Å². The predicted octanol–water partition coefficient (Wildman–Crippen LogP) is 3.68. The summed E-state index contributed by atoms with van der Waals surface area (Å²) >= 11 is 0. The minimum Gasteiger partial charge on any atom is -0.444 e. The van der Waals surface area contributed by atoms with Crippen molar-refractivity contribution in [3.05, 3.63) is 24.0 Å². The molecule has 0 radical (unpaired) electrons. The Kier molecular flexibility index (Phi) is 7.13. The van der Waals surface area contributed by atoms with E-state index in [2.05, 4.69) is 54.3 Å². The van der Waals surface area contributed by atoms with Gasteiger partial charge in [0.15, 0.2) is 0 Å². The first-order chi connectivity index (χ1) is 10.7. The van der Waals surface area contributed by atoms with Gasteiger partial charge in [-0.3, -0.25) is 0 Å². The molecular weight excluding hydrogens is 290 g/mol. The van der Waals surface area contributed by atoms with E-state index in [9.17, 15) is 4.79 Å². The van der Waals surface area contributed by atoms with Crippen LogP contribution < -0.4 is 10.6 Å². The third-order valence-electron chi connectivity index (χ3n) is 4.15. The molecule has 0 aliphatic heterocycles. The molecule has 2 N–H and O–H groups in total. The summed E-state index contributed by atoms with van der Waals surface area (Å²) in [5, 5.41) is 6.55. The van der Waals surface area contributed by atoms with Crippen molar-refractivity contribution in [1.82, 2.24) is 15.2 Å². The van der Waals surface area contributed by atoms with Crippen molar-refractivity contribution in [2.45, 2.75) is 78.6 Å². The molecule has 0 aliphatic carbocycles. The lowest BCUT2D eigenvalue weighted by Crippen LogP contribution is -2.55. The summed E-state index contributed by atoms with van der Waals surface area (Å²) in [5.74, 6) is 0. The van der Waals surface area contributed by atoms with Crippen LogP contribution in [0.2, 0.25) is 0 Å². The average Bonchev–Trinajstić information content (AvgIpc) is 2.91. The third-order valence-corrected chi connectivity index (χ3v) is 4.15. The molecule has 132 valence electrons. The van der Waals surface area contributed by atoms with Gasteiger partial charge in [0.1, 0.15) is 5.60 Å². The van der Waals surface area contributed by atoms with Gasteiger partial charge in [-0.25, -0.2) is 4.79 Å². The van der Waals surface area contributed by atoms with Gasteiger partial charge in [-0.1, -0.05) is 13.8 Å². The molecular formula is C18H33N3O2. The minimum absolute atomic E-state index is 0.286. The quantitative estimate of drug-likeness (QED) is 0.767. The van der Waals surface area contributed by atoms with Crippen LogP contribution >= 0.6 is 0 Å². The molecule has 0 aromatic carbocycles. The number of rotatable bonds is 8.